The van der Waals surface area contributed by atoms with Crippen LogP contribution in [0.1, 0.15) is 23.2 Å². The average molecular weight is 390 g/mol. The number of nitrogens with one attached hydrogen (secondary N) is 2. The number of aromatic nitrogens is 2. The number of amides is 2. The van der Waals surface area contributed by atoms with Crippen LogP contribution in [0.25, 0.3) is 11.1 Å². The molecule has 7 nitrogen and oxygen atoms in total. The Kier molecular flexibility index (Phi) is 5.29. The smallest absolute Gasteiger partial charge is 0.257 e. The van der Waals surface area contributed by atoms with Gasteiger partial charge in [0.25, 0.3) is 5.91 Å². The summed E-state index contributed by atoms with van der Waals surface area (Å²) in [6, 6.07) is 14.8. The fraction of sp³-hybridized carbons (Fsp3) is 0.227. The standard InChI is InChI=1S/C22H22N4O3/c1-29-17-10-8-15(9-11-17)18-5-2-3-6-19(18)25-21(27)20-7-4-12-26(20)22(28)16-13-23-24-14-16/h2-3,5-6,8-11,13-14,20H,4,7,12H2,1H3,(H,23,24)(H,25,27). The minimum absolute atomic E-state index is 0.180. The number of rotatable bonds is 5. The Balaban J connectivity index is 1.54. The van der Waals surface area contributed by atoms with E-state index >= 15 is 0 Å². The number of hydrogen-bond acceptors (Lipinski definition) is 4. The van der Waals surface area contributed by atoms with Gasteiger partial charge in [0.1, 0.15) is 11.8 Å². The molecule has 3 aromatic rings. The molecule has 7 heteroatoms. The van der Waals surface area contributed by atoms with Gasteiger partial charge in [0.2, 0.25) is 5.91 Å². The van der Waals surface area contributed by atoms with Crippen LogP contribution in [0.4, 0.5) is 5.69 Å². The lowest BCUT2D eigenvalue weighted by molar-refractivity contribution is -0.119. The minimum Gasteiger partial charge on any atom is -0.497 e. The van der Waals surface area contributed by atoms with Gasteiger partial charge in [0.05, 0.1) is 18.9 Å². The number of nitrogens with zero attached hydrogens (tertiary/aromatic N) is 2. The second-order valence-electron chi connectivity index (χ2n) is 6.91. The van der Waals surface area contributed by atoms with Crippen molar-refractivity contribution in [2.45, 2.75) is 18.9 Å². The van der Waals surface area contributed by atoms with E-state index in [1.165, 1.54) is 6.20 Å². The van der Waals surface area contributed by atoms with Crippen LogP contribution in [0.3, 0.4) is 0 Å². The predicted octanol–water partition coefficient (Wildman–Crippen LogP) is 3.33. The summed E-state index contributed by atoms with van der Waals surface area (Å²) in [5, 5.41) is 9.49. The Bertz CT molecular complexity index is 999. The van der Waals surface area contributed by atoms with Gasteiger partial charge in [-0.2, -0.15) is 5.10 Å². The third kappa shape index (κ3) is 3.85. The fourth-order valence-electron chi connectivity index (χ4n) is 3.65. The van der Waals surface area contributed by atoms with E-state index in [9.17, 15) is 9.59 Å². The van der Waals surface area contributed by atoms with Gasteiger partial charge in [0, 0.05) is 24.0 Å². The van der Waals surface area contributed by atoms with Crippen molar-refractivity contribution in [3.8, 4) is 16.9 Å². The molecule has 2 aromatic carbocycles. The molecule has 1 saturated heterocycles. The van der Waals surface area contributed by atoms with Crippen molar-refractivity contribution in [1.82, 2.24) is 15.1 Å². The molecule has 1 unspecified atom stereocenters. The Morgan fingerprint density at radius 1 is 1.17 bits per heavy atom. The van der Waals surface area contributed by atoms with Crippen molar-refractivity contribution < 1.29 is 14.3 Å². The number of carbonyl (C=O) groups excluding carboxylic acids is 2. The fourth-order valence-corrected chi connectivity index (χ4v) is 3.65. The first kappa shape index (κ1) is 18.7. The van der Waals surface area contributed by atoms with Crippen LogP contribution in [0.5, 0.6) is 5.75 Å². The van der Waals surface area contributed by atoms with E-state index in [4.69, 9.17) is 4.74 Å². The molecule has 148 valence electrons. The van der Waals surface area contributed by atoms with E-state index in [2.05, 4.69) is 15.5 Å². The lowest BCUT2D eigenvalue weighted by atomic mass is 10.0. The number of aromatic amines is 1. The molecule has 1 fully saturated rings. The van der Waals surface area contributed by atoms with Crippen molar-refractivity contribution in [1.29, 1.82) is 0 Å². The maximum atomic E-state index is 13.0. The van der Waals surface area contributed by atoms with Crippen LogP contribution in [-0.2, 0) is 4.79 Å². The van der Waals surface area contributed by atoms with Crippen LogP contribution >= 0.6 is 0 Å². The van der Waals surface area contributed by atoms with Crippen LogP contribution in [0, 0.1) is 0 Å². The first-order valence-electron chi connectivity index (χ1n) is 9.51. The van der Waals surface area contributed by atoms with Gasteiger partial charge in [-0.1, -0.05) is 30.3 Å². The second-order valence-corrected chi connectivity index (χ2v) is 6.91. The number of benzene rings is 2. The van der Waals surface area contributed by atoms with Gasteiger partial charge in [0.15, 0.2) is 0 Å². The van der Waals surface area contributed by atoms with E-state index in [1.807, 2.05) is 48.5 Å². The molecule has 0 bridgehead atoms. The Morgan fingerprint density at radius 3 is 2.69 bits per heavy atom. The van der Waals surface area contributed by atoms with Gasteiger partial charge < -0.3 is 15.0 Å². The number of anilines is 1. The van der Waals surface area contributed by atoms with Gasteiger partial charge in [-0.25, -0.2) is 0 Å². The molecular weight excluding hydrogens is 368 g/mol. The summed E-state index contributed by atoms with van der Waals surface area (Å²) in [7, 11) is 1.63. The summed E-state index contributed by atoms with van der Waals surface area (Å²) in [6.45, 7) is 0.558. The van der Waals surface area contributed by atoms with E-state index in [0.717, 1.165) is 23.3 Å². The normalized spacial score (nSPS) is 15.9. The van der Waals surface area contributed by atoms with Gasteiger partial charge in [-0.3, -0.25) is 14.7 Å². The number of methoxy groups -OCH3 is 1. The lowest BCUT2D eigenvalue weighted by Gasteiger charge is -2.24. The SMILES string of the molecule is COc1ccc(-c2ccccc2NC(=O)C2CCCN2C(=O)c2cn[nH]c2)cc1. The van der Waals surface area contributed by atoms with Crippen LogP contribution in [-0.4, -0.2) is 46.6 Å². The zero-order chi connectivity index (χ0) is 20.2. The summed E-state index contributed by atoms with van der Waals surface area (Å²) in [5.41, 5.74) is 3.06. The molecule has 29 heavy (non-hydrogen) atoms. The average Bonchev–Trinajstić information content (AvgIpc) is 3.46. The molecule has 0 aliphatic carbocycles. The quantitative estimate of drug-likeness (QED) is 0.700. The molecular formula is C22H22N4O3. The maximum Gasteiger partial charge on any atom is 0.257 e. The molecule has 1 aliphatic heterocycles. The summed E-state index contributed by atoms with van der Waals surface area (Å²) in [5.74, 6) is 0.412. The van der Waals surface area contributed by atoms with Crippen molar-refractivity contribution in [3.05, 3.63) is 66.5 Å². The van der Waals surface area contributed by atoms with E-state index in [0.29, 0.717) is 24.2 Å². The zero-order valence-corrected chi connectivity index (χ0v) is 16.1. The van der Waals surface area contributed by atoms with Crippen molar-refractivity contribution in [2.24, 2.45) is 0 Å². The molecule has 1 atom stereocenters. The molecule has 2 amide bonds. The summed E-state index contributed by atoms with van der Waals surface area (Å²) in [4.78, 5) is 27.4. The highest BCUT2D eigenvalue weighted by Gasteiger charge is 2.35. The number of H-pyrrole nitrogens is 1. The number of likely N-dealkylation sites (tertiary alicyclic amines) is 1. The van der Waals surface area contributed by atoms with Gasteiger partial charge in [-0.15, -0.1) is 0 Å². The minimum atomic E-state index is -0.499. The highest BCUT2D eigenvalue weighted by atomic mass is 16.5. The summed E-state index contributed by atoms with van der Waals surface area (Å²) < 4.78 is 5.22. The maximum absolute atomic E-state index is 13.0. The monoisotopic (exact) mass is 390 g/mol. The summed E-state index contributed by atoms with van der Waals surface area (Å²) >= 11 is 0. The van der Waals surface area contributed by atoms with E-state index in [-0.39, 0.29) is 11.8 Å². The molecule has 0 saturated carbocycles. The number of hydrogen-bond donors (Lipinski definition) is 2. The Labute approximate surface area is 168 Å². The molecule has 1 aliphatic rings. The van der Waals surface area contributed by atoms with Gasteiger partial charge in [-0.05, 0) is 36.6 Å². The van der Waals surface area contributed by atoms with Crippen LogP contribution in [0.2, 0.25) is 0 Å². The first-order valence-corrected chi connectivity index (χ1v) is 9.51. The highest BCUT2D eigenvalue weighted by Crippen LogP contribution is 2.30. The third-order valence-electron chi connectivity index (χ3n) is 5.15. The third-order valence-corrected chi connectivity index (χ3v) is 5.15. The van der Waals surface area contributed by atoms with E-state index in [1.54, 1.807) is 18.2 Å². The Hall–Kier alpha value is -3.61. The second kappa shape index (κ2) is 8.18. The van der Waals surface area contributed by atoms with Crippen molar-refractivity contribution in [2.75, 3.05) is 19.0 Å². The molecule has 1 aromatic heterocycles. The highest BCUT2D eigenvalue weighted by molar-refractivity contribution is 6.03. The largest absolute Gasteiger partial charge is 0.497 e. The Morgan fingerprint density at radius 2 is 1.97 bits per heavy atom. The molecule has 2 heterocycles. The lowest BCUT2D eigenvalue weighted by Crippen LogP contribution is -2.43. The van der Waals surface area contributed by atoms with Crippen LogP contribution in [0.15, 0.2) is 60.9 Å². The summed E-state index contributed by atoms with van der Waals surface area (Å²) in [6.07, 6.45) is 4.46. The van der Waals surface area contributed by atoms with Gasteiger partial charge >= 0.3 is 0 Å². The van der Waals surface area contributed by atoms with Crippen molar-refractivity contribution >= 4 is 17.5 Å². The predicted molar refractivity (Wildman–Crippen MR) is 110 cm³/mol. The number of carbonyl (C=O) groups is 2. The molecule has 2 N–H and O–H groups in total. The molecule has 0 radical (unpaired) electrons. The molecule has 4 rings (SSSR count). The molecule has 0 spiro atoms. The first-order chi connectivity index (χ1) is 14.2. The topological polar surface area (TPSA) is 87.3 Å². The van der Waals surface area contributed by atoms with Crippen molar-refractivity contribution in [3.63, 3.8) is 0 Å². The number of ether oxygens (including phenoxy) is 1. The van der Waals surface area contributed by atoms with E-state index < -0.39 is 6.04 Å². The zero-order valence-electron chi connectivity index (χ0n) is 16.1. The van der Waals surface area contributed by atoms with Crippen LogP contribution < -0.4 is 10.1 Å². The number of para-hydroxylation sites is 1.